The minimum Gasteiger partial charge on any atom is -0.392 e. The Morgan fingerprint density at radius 1 is 1.55 bits per heavy atom. The topological polar surface area (TPSA) is 52.6 Å². The number of aryl methyl sites for hydroxylation is 1. The smallest absolute Gasteiger partial charge is 0.238 e. The molecule has 1 aliphatic rings. The van der Waals surface area contributed by atoms with E-state index in [9.17, 15) is 9.90 Å². The molecule has 1 aromatic carbocycles. The highest BCUT2D eigenvalue weighted by molar-refractivity contribution is 9.10. The van der Waals surface area contributed by atoms with Gasteiger partial charge in [-0.05, 0) is 49.6 Å². The van der Waals surface area contributed by atoms with Crippen molar-refractivity contribution in [1.82, 2.24) is 4.90 Å². The van der Waals surface area contributed by atoms with Gasteiger partial charge in [0.15, 0.2) is 0 Å². The van der Waals surface area contributed by atoms with E-state index >= 15 is 0 Å². The lowest BCUT2D eigenvalue weighted by molar-refractivity contribution is -0.118. The van der Waals surface area contributed by atoms with Crippen LogP contribution in [-0.2, 0) is 4.79 Å². The van der Waals surface area contributed by atoms with E-state index in [1.165, 1.54) is 0 Å². The molecule has 110 valence electrons. The summed E-state index contributed by atoms with van der Waals surface area (Å²) in [5.41, 5.74) is 1.86. The molecule has 4 nitrogen and oxygen atoms in total. The van der Waals surface area contributed by atoms with Crippen LogP contribution in [0.15, 0.2) is 22.7 Å². The Hall–Kier alpha value is -0.910. The number of β-amino-alcohol motifs (C(OH)–C–C–N with tert-alkyl or cyclic N) is 1. The molecule has 0 saturated carbocycles. The summed E-state index contributed by atoms with van der Waals surface area (Å²) in [5.74, 6) is 0.292. The SMILES string of the molecule is Cc1cc(Br)ccc1NC(=O)CN1CCC(C)C(O)C1. The number of aliphatic hydroxyl groups excluding tert-OH is 1. The normalized spacial score (nSPS) is 23.6. The summed E-state index contributed by atoms with van der Waals surface area (Å²) >= 11 is 3.41. The molecule has 5 heteroatoms. The van der Waals surface area contributed by atoms with Gasteiger partial charge in [-0.15, -0.1) is 0 Å². The van der Waals surface area contributed by atoms with Crippen molar-refractivity contribution in [3.63, 3.8) is 0 Å². The summed E-state index contributed by atoms with van der Waals surface area (Å²) in [4.78, 5) is 14.1. The van der Waals surface area contributed by atoms with E-state index in [0.29, 0.717) is 19.0 Å². The lowest BCUT2D eigenvalue weighted by atomic mass is 9.96. The Bertz CT molecular complexity index is 493. The number of amides is 1. The molecule has 2 atom stereocenters. The lowest BCUT2D eigenvalue weighted by Gasteiger charge is -2.33. The molecule has 20 heavy (non-hydrogen) atoms. The van der Waals surface area contributed by atoms with E-state index < -0.39 is 0 Å². The van der Waals surface area contributed by atoms with E-state index in [0.717, 1.165) is 28.7 Å². The molecule has 1 aliphatic heterocycles. The van der Waals surface area contributed by atoms with Gasteiger partial charge >= 0.3 is 0 Å². The molecular weight excluding hydrogens is 320 g/mol. The predicted molar refractivity (Wildman–Crippen MR) is 83.7 cm³/mol. The van der Waals surface area contributed by atoms with Crippen molar-refractivity contribution in [2.75, 3.05) is 25.0 Å². The van der Waals surface area contributed by atoms with Crippen LogP contribution >= 0.6 is 15.9 Å². The minimum absolute atomic E-state index is 0.0304. The fraction of sp³-hybridized carbons (Fsp3) is 0.533. The Labute approximate surface area is 128 Å². The van der Waals surface area contributed by atoms with E-state index in [2.05, 4.69) is 21.2 Å². The Kier molecular flexibility index (Phi) is 5.18. The van der Waals surface area contributed by atoms with Crippen LogP contribution < -0.4 is 5.32 Å². The van der Waals surface area contributed by atoms with Crippen molar-refractivity contribution in [1.29, 1.82) is 0 Å². The molecular formula is C15H21BrN2O2. The average Bonchev–Trinajstić information content (AvgIpc) is 2.37. The van der Waals surface area contributed by atoms with Crippen LogP contribution in [0.3, 0.4) is 0 Å². The maximum absolute atomic E-state index is 12.1. The summed E-state index contributed by atoms with van der Waals surface area (Å²) in [6.07, 6.45) is 0.608. The molecule has 1 heterocycles. The molecule has 1 amide bonds. The van der Waals surface area contributed by atoms with Crippen molar-refractivity contribution in [3.8, 4) is 0 Å². The molecule has 0 aromatic heterocycles. The highest BCUT2D eigenvalue weighted by Gasteiger charge is 2.25. The van der Waals surface area contributed by atoms with Crippen molar-refractivity contribution < 1.29 is 9.90 Å². The van der Waals surface area contributed by atoms with Gasteiger partial charge in [-0.25, -0.2) is 0 Å². The first-order valence-corrected chi connectivity index (χ1v) is 7.71. The number of hydrogen-bond donors (Lipinski definition) is 2. The molecule has 2 unspecified atom stereocenters. The summed E-state index contributed by atoms with van der Waals surface area (Å²) in [6.45, 7) is 5.79. The third-order valence-corrected chi connectivity index (χ3v) is 4.33. The Morgan fingerprint density at radius 3 is 2.95 bits per heavy atom. The summed E-state index contributed by atoms with van der Waals surface area (Å²) in [5, 5.41) is 12.8. The number of aliphatic hydroxyl groups is 1. The third-order valence-electron chi connectivity index (χ3n) is 3.83. The highest BCUT2D eigenvalue weighted by Crippen LogP contribution is 2.20. The molecule has 2 rings (SSSR count). The van der Waals surface area contributed by atoms with Crippen molar-refractivity contribution >= 4 is 27.5 Å². The second kappa shape index (κ2) is 6.70. The van der Waals surface area contributed by atoms with E-state index in [-0.39, 0.29) is 12.0 Å². The number of rotatable bonds is 3. The van der Waals surface area contributed by atoms with E-state index in [4.69, 9.17) is 0 Å². The van der Waals surface area contributed by atoms with Crippen LogP contribution in [0.1, 0.15) is 18.9 Å². The Balaban J connectivity index is 1.89. The molecule has 1 fully saturated rings. The fourth-order valence-electron chi connectivity index (χ4n) is 2.42. The first-order chi connectivity index (χ1) is 9.45. The summed E-state index contributed by atoms with van der Waals surface area (Å²) < 4.78 is 1.00. The molecule has 0 aliphatic carbocycles. The number of anilines is 1. The predicted octanol–water partition coefficient (Wildman–Crippen LogP) is 2.40. The standard InChI is InChI=1S/C15H21BrN2O2/c1-10-5-6-18(8-14(10)19)9-15(20)17-13-4-3-12(16)7-11(13)2/h3-4,7,10,14,19H,5-6,8-9H2,1-2H3,(H,17,20). The largest absolute Gasteiger partial charge is 0.392 e. The molecule has 0 radical (unpaired) electrons. The molecule has 0 bridgehead atoms. The summed E-state index contributed by atoms with van der Waals surface area (Å²) in [6, 6.07) is 5.78. The van der Waals surface area contributed by atoms with Crippen molar-refractivity contribution in [3.05, 3.63) is 28.2 Å². The fourth-order valence-corrected chi connectivity index (χ4v) is 2.89. The second-order valence-electron chi connectivity index (χ2n) is 5.58. The summed E-state index contributed by atoms with van der Waals surface area (Å²) in [7, 11) is 0. The maximum Gasteiger partial charge on any atom is 0.238 e. The zero-order valence-corrected chi connectivity index (χ0v) is 13.5. The van der Waals surface area contributed by atoms with Gasteiger partial charge in [0.2, 0.25) is 5.91 Å². The molecule has 1 aromatic rings. The number of carbonyl (C=O) groups excluding carboxylic acids is 1. The first-order valence-electron chi connectivity index (χ1n) is 6.92. The van der Waals surface area contributed by atoms with Gasteiger partial charge in [-0.3, -0.25) is 9.69 Å². The highest BCUT2D eigenvalue weighted by atomic mass is 79.9. The number of benzene rings is 1. The average molecular weight is 341 g/mol. The third kappa shape index (κ3) is 4.04. The number of nitrogens with one attached hydrogen (secondary N) is 1. The number of nitrogens with zero attached hydrogens (tertiary/aromatic N) is 1. The van der Waals surface area contributed by atoms with Gasteiger partial charge in [0.1, 0.15) is 0 Å². The second-order valence-corrected chi connectivity index (χ2v) is 6.49. The first kappa shape index (κ1) is 15.5. The van der Waals surface area contributed by atoms with Gasteiger partial charge in [0.25, 0.3) is 0 Å². The molecule has 1 saturated heterocycles. The molecule has 2 N–H and O–H groups in total. The quantitative estimate of drug-likeness (QED) is 0.888. The van der Waals surface area contributed by atoms with E-state index in [1.807, 2.05) is 36.9 Å². The van der Waals surface area contributed by atoms with Crippen LogP contribution in [0.5, 0.6) is 0 Å². The van der Waals surface area contributed by atoms with Gasteiger partial charge in [0.05, 0.1) is 12.6 Å². The van der Waals surface area contributed by atoms with Crippen LogP contribution in [0.2, 0.25) is 0 Å². The van der Waals surface area contributed by atoms with E-state index in [1.54, 1.807) is 0 Å². The minimum atomic E-state index is -0.328. The van der Waals surface area contributed by atoms with Crippen LogP contribution in [-0.4, -0.2) is 41.7 Å². The number of hydrogen-bond acceptors (Lipinski definition) is 3. The van der Waals surface area contributed by atoms with Gasteiger partial charge in [-0.1, -0.05) is 22.9 Å². The van der Waals surface area contributed by atoms with Crippen molar-refractivity contribution in [2.24, 2.45) is 5.92 Å². The monoisotopic (exact) mass is 340 g/mol. The molecule has 0 spiro atoms. The Morgan fingerprint density at radius 2 is 2.30 bits per heavy atom. The van der Waals surface area contributed by atoms with Crippen LogP contribution in [0.25, 0.3) is 0 Å². The van der Waals surface area contributed by atoms with Crippen molar-refractivity contribution in [2.45, 2.75) is 26.4 Å². The zero-order valence-electron chi connectivity index (χ0n) is 11.9. The zero-order chi connectivity index (χ0) is 14.7. The van der Waals surface area contributed by atoms with Gasteiger partial charge in [-0.2, -0.15) is 0 Å². The lowest BCUT2D eigenvalue weighted by Crippen LogP contribution is -2.45. The van der Waals surface area contributed by atoms with Crippen LogP contribution in [0.4, 0.5) is 5.69 Å². The van der Waals surface area contributed by atoms with Crippen LogP contribution in [0, 0.1) is 12.8 Å². The number of halogens is 1. The number of carbonyl (C=O) groups is 1. The number of likely N-dealkylation sites (tertiary alicyclic amines) is 1. The number of piperidine rings is 1. The van der Waals surface area contributed by atoms with Gasteiger partial charge in [0, 0.05) is 16.7 Å². The maximum atomic E-state index is 12.1. The van der Waals surface area contributed by atoms with Gasteiger partial charge < -0.3 is 10.4 Å².